The quantitative estimate of drug-likeness (QED) is 0.312. The van der Waals surface area contributed by atoms with Crippen LogP contribution in [0.5, 0.6) is 11.5 Å². The summed E-state index contributed by atoms with van der Waals surface area (Å²) in [5, 5.41) is 2.43. The molecule has 3 nitrogen and oxygen atoms in total. The van der Waals surface area contributed by atoms with Gasteiger partial charge in [0, 0.05) is 33.2 Å². The smallest absolute Gasteiger partial charge is 0.127 e. The van der Waals surface area contributed by atoms with Crippen LogP contribution in [0.25, 0.3) is 44.3 Å². The molecule has 0 fully saturated rings. The lowest BCUT2D eigenvalue weighted by Crippen LogP contribution is -1.85. The van der Waals surface area contributed by atoms with Crippen molar-refractivity contribution < 1.29 is 4.74 Å². The van der Waals surface area contributed by atoms with Crippen molar-refractivity contribution >= 4 is 21.8 Å². The molecule has 31 heavy (non-hydrogen) atoms. The van der Waals surface area contributed by atoms with Gasteiger partial charge in [-0.25, -0.2) is 0 Å². The van der Waals surface area contributed by atoms with Gasteiger partial charge in [-0.15, -0.1) is 0 Å². The minimum Gasteiger partial charge on any atom is -0.457 e. The molecule has 6 aromatic rings. The normalized spacial score (nSPS) is 11.2. The summed E-state index contributed by atoms with van der Waals surface area (Å²) in [5.74, 6) is 1.64. The number of aromatic nitrogens is 2. The molecule has 4 aromatic carbocycles. The van der Waals surface area contributed by atoms with E-state index in [4.69, 9.17) is 4.74 Å². The van der Waals surface area contributed by atoms with Gasteiger partial charge in [-0.3, -0.25) is 0 Å². The van der Waals surface area contributed by atoms with Crippen LogP contribution in [-0.4, -0.2) is 9.97 Å². The zero-order valence-electron chi connectivity index (χ0n) is 16.8. The van der Waals surface area contributed by atoms with Crippen LogP contribution in [0.4, 0.5) is 0 Å². The third-order valence-corrected chi connectivity index (χ3v) is 5.63. The summed E-state index contributed by atoms with van der Waals surface area (Å²) >= 11 is 0. The molecule has 0 saturated carbocycles. The molecule has 0 aliphatic heterocycles. The van der Waals surface area contributed by atoms with E-state index in [0.717, 1.165) is 45.0 Å². The van der Waals surface area contributed by atoms with Gasteiger partial charge in [0.2, 0.25) is 0 Å². The van der Waals surface area contributed by atoms with Gasteiger partial charge in [-0.2, -0.15) is 0 Å². The lowest BCUT2D eigenvalue weighted by molar-refractivity contribution is 0.483. The minimum absolute atomic E-state index is 0.818. The van der Waals surface area contributed by atoms with Crippen molar-refractivity contribution in [3.05, 3.63) is 109 Å². The van der Waals surface area contributed by atoms with Gasteiger partial charge in [0.05, 0.1) is 0 Å². The van der Waals surface area contributed by atoms with Gasteiger partial charge in [0.1, 0.15) is 11.5 Å². The van der Waals surface area contributed by atoms with E-state index in [1.807, 2.05) is 36.4 Å². The van der Waals surface area contributed by atoms with Crippen molar-refractivity contribution in [1.29, 1.82) is 0 Å². The van der Waals surface area contributed by atoms with Crippen LogP contribution < -0.4 is 4.74 Å². The summed E-state index contributed by atoms with van der Waals surface area (Å²) < 4.78 is 6.06. The Balaban J connectivity index is 1.20. The predicted molar refractivity (Wildman–Crippen MR) is 128 cm³/mol. The highest BCUT2D eigenvalue weighted by atomic mass is 16.5. The highest BCUT2D eigenvalue weighted by Gasteiger charge is 2.06. The Kier molecular flexibility index (Phi) is 4.10. The van der Waals surface area contributed by atoms with Crippen LogP contribution in [0, 0.1) is 0 Å². The van der Waals surface area contributed by atoms with Crippen LogP contribution in [0.3, 0.4) is 0 Å². The molecular weight excluding hydrogens is 380 g/mol. The van der Waals surface area contributed by atoms with Gasteiger partial charge < -0.3 is 14.7 Å². The second-order valence-electron chi connectivity index (χ2n) is 7.69. The number of ether oxygens (including phenoxy) is 1. The van der Waals surface area contributed by atoms with Crippen LogP contribution in [-0.2, 0) is 0 Å². The second kappa shape index (κ2) is 7.22. The van der Waals surface area contributed by atoms with Crippen molar-refractivity contribution in [2.45, 2.75) is 0 Å². The summed E-state index contributed by atoms with van der Waals surface area (Å²) in [7, 11) is 0. The number of H-pyrrole nitrogens is 2. The van der Waals surface area contributed by atoms with Crippen molar-refractivity contribution in [2.75, 3.05) is 0 Å². The molecule has 0 bridgehead atoms. The van der Waals surface area contributed by atoms with Gasteiger partial charge in [0.25, 0.3) is 0 Å². The largest absolute Gasteiger partial charge is 0.457 e. The predicted octanol–water partition coefficient (Wildman–Crippen LogP) is 7.78. The first-order valence-electron chi connectivity index (χ1n) is 10.4. The summed E-state index contributed by atoms with van der Waals surface area (Å²) in [4.78, 5) is 6.94. The van der Waals surface area contributed by atoms with Gasteiger partial charge >= 0.3 is 0 Å². The molecule has 0 saturated heterocycles. The van der Waals surface area contributed by atoms with E-state index < -0.39 is 0 Å². The van der Waals surface area contributed by atoms with Crippen LogP contribution in [0.15, 0.2) is 109 Å². The topological polar surface area (TPSA) is 40.8 Å². The van der Waals surface area contributed by atoms with E-state index in [1.165, 1.54) is 10.8 Å². The third kappa shape index (κ3) is 3.36. The number of aromatic amines is 2. The Morgan fingerprint density at radius 1 is 0.452 bits per heavy atom. The van der Waals surface area contributed by atoms with Gasteiger partial charge in [-0.05, 0) is 83.9 Å². The number of nitrogens with one attached hydrogen (secondary N) is 2. The fourth-order valence-electron chi connectivity index (χ4n) is 4.00. The molecule has 0 aliphatic rings. The highest BCUT2D eigenvalue weighted by molar-refractivity contribution is 5.86. The van der Waals surface area contributed by atoms with Crippen LogP contribution >= 0.6 is 0 Å². The lowest BCUT2D eigenvalue weighted by atomic mass is 10.1. The molecule has 2 heterocycles. The Bertz CT molecular complexity index is 1310. The maximum Gasteiger partial charge on any atom is 0.127 e. The Labute approximate surface area is 179 Å². The maximum absolute atomic E-state index is 6.06. The zero-order chi connectivity index (χ0) is 20.6. The first-order chi connectivity index (χ1) is 15.3. The number of hydrogen-bond donors (Lipinski definition) is 2. The summed E-state index contributed by atoms with van der Waals surface area (Å²) in [6.07, 6.45) is 0. The Hall–Kier alpha value is -4.24. The molecule has 0 amide bonds. The van der Waals surface area contributed by atoms with E-state index in [2.05, 4.69) is 82.8 Å². The fraction of sp³-hybridized carbons (Fsp3) is 0. The second-order valence-corrected chi connectivity index (χ2v) is 7.69. The average Bonchev–Trinajstić information content (AvgIpc) is 3.44. The Morgan fingerprint density at radius 2 is 0.871 bits per heavy atom. The summed E-state index contributed by atoms with van der Waals surface area (Å²) in [6, 6.07) is 37.3. The fourth-order valence-corrected chi connectivity index (χ4v) is 4.00. The number of rotatable bonds is 4. The molecule has 0 atom stereocenters. The number of fused-ring (bicyclic) bond motifs is 2. The van der Waals surface area contributed by atoms with Crippen LogP contribution in [0.2, 0.25) is 0 Å². The molecule has 2 N–H and O–H groups in total. The highest BCUT2D eigenvalue weighted by Crippen LogP contribution is 2.30. The van der Waals surface area contributed by atoms with Crippen molar-refractivity contribution in [1.82, 2.24) is 9.97 Å². The van der Waals surface area contributed by atoms with Gasteiger partial charge in [-0.1, -0.05) is 36.4 Å². The standard InChI is InChI=1S/C28H20N2O/c1-3-7-25-21(5-1)17-27(29-25)19-9-13-23(14-10-19)31-24-15-11-20(12-16-24)28-18-22-6-2-4-8-26(22)30-28/h1-18,29-30H. The molecule has 0 aliphatic carbocycles. The van der Waals surface area contributed by atoms with Crippen molar-refractivity contribution in [3.63, 3.8) is 0 Å². The zero-order valence-corrected chi connectivity index (χ0v) is 16.8. The molecule has 0 radical (unpaired) electrons. The van der Waals surface area contributed by atoms with E-state index in [9.17, 15) is 0 Å². The summed E-state index contributed by atoms with van der Waals surface area (Å²) in [6.45, 7) is 0. The number of para-hydroxylation sites is 2. The Morgan fingerprint density at radius 3 is 1.29 bits per heavy atom. The number of benzene rings is 4. The SMILES string of the molecule is c1ccc2[nH]c(-c3ccc(Oc4ccc(-c5cc6ccccc6[nH]5)cc4)cc3)cc2c1. The third-order valence-electron chi connectivity index (χ3n) is 5.63. The van der Waals surface area contributed by atoms with Crippen molar-refractivity contribution in [3.8, 4) is 34.0 Å². The minimum atomic E-state index is 0.818. The monoisotopic (exact) mass is 400 g/mol. The number of hydrogen-bond acceptors (Lipinski definition) is 1. The molecule has 0 spiro atoms. The van der Waals surface area contributed by atoms with Gasteiger partial charge in [0.15, 0.2) is 0 Å². The molecule has 3 heteroatoms. The van der Waals surface area contributed by atoms with E-state index in [0.29, 0.717) is 0 Å². The first kappa shape index (κ1) is 17.6. The molecular formula is C28H20N2O. The van der Waals surface area contributed by atoms with E-state index in [-0.39, 0.29) is 0 Å². The van der Waals surface area contributed by atoms with Crippen LogP contribution in [0.1, 0.15) is 0 Å². The molecule has 0 unspecified atom stereocenters. The van der Waals surface area contributed by atoms with E-state index in [1.54, 1.807) is 0 Å². The lowest BCUT2D eigenvalue weighted by Gasteiger charge is -2.07. The maximum atomic E-state index is 6.06. The van der Waals surface area contributed by atoms with E-state index >= 15 is 0 Å². The van der Waals surface area contributed by atoms with Crippen molar-refractivity contribution in [2.24, 2.45) is 0 Å². The molecule has 2 aromatic heterocycles. The molecule has 6 rings (SSSR count). The average molecular weight is 400 g/mol. The first-order valence-corrected chi connectivity index (χ1v) is 10.4. The summed E-state index contributed by atoms with van der Waals surface area (Å²) in [5.41, 5.74) is 6.78. The molecule has 148 valence electrons.